The minimum Gasteiger partial charge on any atom is -0.492 e. The van der Waals surface area contributed by atoms with Gasteiger partial charge in [0.2, 0.25) is 10.0 Å². The zero-order valence-electron chi connectivity index (χ0n) is 18.0. The molecule has 3 aromatic carbocycles. The fourth-order valence-corrected chi connectivity index (χ4v) is 5.80. The lowest BCUT2D eigenvalue weighted by Crippen LogP contribution is -2.29. The quantitative estimate of drug-likeness (QED) is 0.369. The van der Waals surface area contributed by atoms with Crippen LogP contribution >= 0.6 is 11.3 Å². The van der Waals surface area contributed by atoms with E-state index < -0.39 is 16.1 Å². The number of fused-ring (bicyclic) bond motifs is 4. The molecule has 5 rings (SSSR count). The molecule has 0 saturated heterocycles. The number of sulfonamides is 1. The van der Waals surface area contributed by atoms with Crippen molar-refractivity contribution in [3.63, 3.8) is 0 Å². The fraction of sp³-hybridized carbons (Fsp3) is 0.250. The van der Waals surface area contributed by atoms with E-state index in [1.54, 1.807) is 29.5 Å². The molecule has 1 aliphatic heterocycles. The number of thiophene rings is 1. The molecule has 7 nitrogen and oxygen atoms in total. The Morgan fingerprint density at radius 3 is 2.79 bits per heavy atom. The summed E-state index contributed by atoms with van der Waals surface area (Å²) in [5.41, 5.74) is 1.07. The fourth-order valence-electron chi connectivity index (χ4n) is 3.92. The van der Waals surface area contributed by atoms with E-state index in [9.17, 15) is 13.5 Å². The number of nitrogens with zero attached hydrogens (tertiary/aromatic N) is 1. The first-order valence-corrected chi connectivity index (χ1v) is 13.2. The summed E-state index contributed by atoms with van der Waals surface area (Å²) in [5.74, 6) is 1.31. The van der Waals surface area contributed by atoms with Gasteiger partial charge in [0.1, 0.15) is 18.1 Å². The van der Waals surface area contributed by atoms with Crippen LogP contribution in [-0.4, -0.2) is 46.2 Å². The number of benzene rings is 3. The number of hydrogen-bond donors (Lipinski definition) is 2. The SMILES string of the molecule is CS(=O)(=O)N1COc2ccc(C(O)CNCCOc3ccc4c(c3)sc3ccccc34)cc21. The highest BCUT2D eigenvalue weighted by atomic mass is 32.2. The number of nitrogens with one attached hydrogen (secondary N) is 1. The molecule has 0 fully saturated rings. The summed E-state index contributed by atoms with van der Waals surface area (Å²) in [6.07, 6.45) is 0.349. The molecule has 0 saturated carbocycles. The van der Waals surface area contributed by atoms with Gasteiger partial charge in [0.15, 0.2) is 6.73 Å². The Balaban J connectivity index is 1.15. The summed E-state index contributed by atoms with van der Waals surface area (Å²) in [4.78, 5) is 0. The lowest BCUT2D eigenvalue weighted by molar-refractivity contribution is 0.172. The van der Waals surface area contributed by atoms with Crippen molar-refractivity contribution < 1.29 is 23.0 Å². The van der Waals surface area contributed by atoms with Gasteiger partial charge in [-0.3, -0.25) is 0 Å². The molecule has 1 aromatic heterocycles. The average Bonchev–Trinajstić information content (AvgIpc) is 3.39. The van der Waals surface area contributed by atoms with Crippen LogP contribution in [0.15, 0.2) is 60.7 Å². The zero-order valence-corrected chi connectivity index (χ0v) is 19.7. The van der Waals surface area contributed by atoms with E-state index in [2.05, 4.69) is 35.6 Å². The molecule has 1 aliphatic rings. The van der Waals surface area contributed by atoms with Crippen LogP contribution in [0.25, 0.3) is 20.2 Å². The van der Waals surface area contributed by atoms with Crippen molar-refractivity contribution in [1.29, 1.82) is 0 Å². The summed E-state index contributed by atoms with van der Waals surface area (Å²) in [5, 5.41) is 16.2. The maximum atomic E-state index is 11.9. The summed E-state index contributed by atoms with van der Waals surface area (Å²) in [7, 11) is -3.44. The van der Waals surface area contributed by atoms with Gasteiger partial charge in [0, 0.05) is 33.3 Å². The van der Waals surface area contributed by atoms with E-state index in [0.717, 1.165) is 12.0 Å². The number of anilines is 1. The van der Waals surface area contributed by atoms with Crippen molar-refractivity contribution in [2.45, 2.75) is 6.10 Å². The van der Waals surface area contributed by atoms with E-state index in [1.165, 1.54) is 24.5 Å². The van der Waals surface area contributed by atoms with Crippen LogP contribution < -0.4 is 19.1 Å². The Bertz CT molecular complexity index is 1420. The van der Waals surface area contributed by atoms with Gasteiger partial charge in [0.25, 0.3) is 0 Å². The smallest absolute Gasteiger partial charge is 0.235 e. The lowest BCUT2D eigenvalue weighted by atomic mass is 10.1. The highest BCUT2D eigenvalue weighted by Crippen LogP contribution is 2.37. The normalized spacial score (nSPS) is 14.4. The molecule has 0 amide bonds. The largest absolute Gasteiger partial charge is 0.492 e. The first-order chi connectivity index (χ1) is 15.9. The topological polar surface area (TPSA) is 88.1 Å². The number of rotatable bonds is 8. The van der Waals surface area contributed by atoms with E-state index in [0.29, 0.717) is 36.7 Å². The molecule has 0 bridgehead atoms. The van der Waals surface area contributed by atoms with Crippen LogP contribution in [0.5, 0.6) is 11.5 Å². The van der Waals surface area contributed by atoms with Crippen LogP contribution in [0.1, 0.15) is 11.7 Å². The Morgan fingerprint density at radius 1 is 1.12 bits per heavy atom. The Morgan fingerprint density at radius 2 is 1.94 bits per heavy atom. The number of aliphatic hydroxyl groups excluding tert-OH is 1. The molecule has 4 aromatic rings. The summed E-state index contributed by atoms with van der Waals surface area (Å²) < 4.78 is 38.8. The van der Waals surface area contributed by atoms with Gasteiger partial charge in [-0.05, 0) is 42.0 Å². The van der Waals surface area contributed by atoms with E-state index in [1.807, 2.05) is 12.1 Å². The number of hydrogen-bond acceptors (Lipinski definition) is 7. The van der Waals surface area contributed by atoms with Crippen molar-refractivity contribution in [2.75, 3.05) is 37.0 Å². The third-order valence-corrected chi connectivity index (χ3v) is 7.85. The van der Waals surface area contributed by atoms with Crippen LogP contribution in [0.2, 0.25) is 0 Å². The minimum atomic E-state index is -3.44. The van der Waals surface area contributed by atoms with Gasteiger partial charge in [0.05, 0.1) is 18.0 Å². The molecular weight excluding hydrogens is 460 g/mol. The zero-order chi connectivity index (χ0) is 23.0. The molecule has 2 N–H and O–H groups in total. The van der Waals surface area contributed by atoms with Crippen LogP contribution in [0.4, 0.5) is 5.69 Å². The maximum Gasteiger partial charge on any atom is 0.235 e. The molecule has 1 atom stereocenters. The molecule has 0 radical (unpaired) electrons. The highest BCUT2D eigenvalue weighted by molar-refractivity contribution is 7.92. The van der Waals surface area contributed by atoms with E-state index >= 15 is 0 Å². The summed E-state index contributed by atoms with van der Waals surface area (Å²) in [6, 6.07) is 19.6. The first kappa shape index (κ1) is 22.0. The highest BCUT2D eigenvalue weighted by Gasteiger charge is 2.28. The molecule has 172 valence electrons. The summed E-state index contributed by atoms with van der Waals surface area (Å²) in [6.45, 7) is 1.29. The Labute approximate surface area is 196 Å². The monoisotopic (exact) mass is 484 g/mol. The third kappa shape index (κ3) is 4.49. The van der Waals surface area contributed by atoms with Crippen molar-refractivity contribution in [1.82, 2.24) is 5.32 Å². The molecule has 2 heterocycles. The molecule has 0 spiro atoms. The maximum absolute atomic E-state index is 11.9. The molecule has 1 unspecified atom stereocenters. The molecule has 9 heteroatoms. The van der Waals surface area contributed by atoms with Crippen LogP contribution in [-0.2, 0) is 10.0 Å². The van der Waals surface area contributed by atoms with Gasteiger partial charge in [-0.25, -0.2) is 12.7 Å². The second-order valence-electron chi connectivity index (χ2n) is 7.94. The molecule has 33 heavy (non-hydrogen) atoms. The number of aliphatic hydroxyl groups is 1. The predicted octanol–water partition coefficient (Wildman–Crippen LogP) is 3.87. The third-order valence-electron chi connectivity index (χ3n) is 5.61. The molecule has 0 aliphatic carbocycles. The average molecular weight is 485 g/mol. The Hall–Kier alpha value is -2.85. The van der Waals surface area contributed by atoms with Crippen molar-refractivity contribution >= 4 is 47.2 Å². The van der Waals surface area contributed by atoms with Crippen LogP contribution in [0.3, 0.4) is 0 Å². The first-order valence-electron chi connectivity index (χ1n) is 10.6. The van der Waals surface area contributed by atoms with Gasteiger partial charge in [-0.15, -0.1) is 11.3 Å². The van der Waals surface area contributed by atoms with Crippen molar-refractivity contribution in [3.05, 3.63) is 66.2 Å². The number of ether oxygens (including phenoxy) is 2. The second kappa shape index (κ2) is 8.83. The van der Waals surface area contributed by atoms with Gasteiger partial charge >= 0.3 is 0 Å². The summed E-state index contributed by atoms with van der Waals surface area (Å²) >= 11 is 1.75. The van der Waals surface area contributed by atoms with Gasteiger partial charge in [-0.1, -0.05) is 24.3 Å². The van der Waals surface area contributed by atoms with Crippen LogP contribution in [0, 0.1) is 0 Å². The van der Waals surface area contributed by atoms with E-state index in [-0.39, 0.29) is 6.73 Å². The minimum absolute atomic E-state index is 0.0450. The lowest BCUT2D eigenvalue weighted by Gasteiger charge is -2.16. The van der Waals surface area contributed by atoms with Gasteiger partial charge in [-0.2, -0.15) is 0 Å². The molecular formula is C24H24N2O5S2. The van der Waals surface area contributed by atoms with Crippen molar-refractivity contribution in [3.8, 4) is 11.5 Å². The predicted molar refractivity (Wildman–Crippen MR) is 132 cm³/mol. The second-order valence-corrected chi connectivity index (χ2v) is 10.9. The van der Waals surface area contributed by atoms with E-state index in [4.69, 9.17) is 9.47 Å². The van der Waals surface area contributed by atoms with Crippen molar-refractivity contribution in [2.24, 2.45) is 0 Å². The van der Waals surface area contributed by atoms with Gasteiger partial charge < -0.3 is 19.9 Å². The Kier molecular flexibility index (Phi) is 5.88. The standard InChI is InChI=1S/C24H24N2O5S2/c1-33(28,29)26-15-31-22-9-6-16(12-20(22)26)21(27)14-25-10-11-30-17-7-8-19-18-4-2-3-5-23(18)32-24(19)13-17/h2-9,12-13,21,25,27H,10-11,14-15H2,1H3.